The van der Waals surface area contributed by atoms with Gasteiger partial charge in [-0.05, 0) is 38.4 Å². The summed E-state index contributed by atoms with van der Waals surface area (Å²) < 4.78 is 5.37. The Morgan fingerprint density at radius 3 is 1.94 bits per heavy atom. The lowest BCUT2D eigenvalue weighted by Gasteiger charge is -2.35. The van der Waals surface area contributed by atoms with Crippen LogP contribution in [0.2, 0.25) is 0 Å². The maximum atomic E-state index is 5.37. The maximum Gasteiger partial charge on any atom is 0.0594 e. The number of hydrogen-bond donors (Lipinski definition) is 0. The van der Waals surface area contributed by atoms with Gasteiger partial charge in [0, 0.05) is 19.6 Å². The molecule has 2 aliphatic rings. The fourth-order valence-electron chi connectivity index (χ4n) is 2.63. The fraction of sp³-hybridized carbons (Fsp3) is 1.00. The maximum absolute atomic E-state index is 5.37. The first-order valence-corrected chi connectivity index (χ1v) is 7.82. The van der Waals surface area contributed by atoms with E-state index in [0.29, 0.717) is 0 Å². The molecule has 0 amide bonds. The molecule has 2 fully saturated rings. The van der Waals surface area contributed by atoms with E-state index in [1.54, 1.807) is 0 Å². The Morgan fingerprint density at radius 1 is 0.889 bits per heavy atom. The molecule has 3 heteroatoms. The summed E-state index contributed by atoms with van der Waals surface area (Å²) in [4.78, 5) is 5.14. The van der Waals surface area contributed by atoms with Crippen LogP contribution in [-0.2, 0) is 4.74 Å². The molecular formula is C15H32N2O. The largest absolute Gasteiger partial charge is 0.379 e. The Hall–Kier alpha value is -0.120. The molecule has 0 aliphatic carbocycles. The first kappa shape index (κ1) is 15.9. The minimum Gasteiger partial charge on any atom is -0.379 e. The standard InChI is InChI=1S/C12H24N2O.C3H8/c1-2-13-5-3-12(4-6-13)11-14-7-9-15-10-8-14;1-3-2/h12H,2-11H2,1H3;3H2,1-2H3. The summed E-state index contributed by atoms with van der Waals surface area (Å²) in [5.74, 6) is 0.936. The molecular weight excluding hydrogens is 224 g/mol. The third-order valence-corrected chi connectivity index (χ3v) is 3.77. The molecule has 3 nitrogen and oxygen atoms in total. The Bertz CT molecular complexity index is 185. The van der Waals surface area contributed by atoms with Crippen LogP contribution >= 0.6 is 0 Å². The summed E-state index contributed by atoms with van der Waals surface area (Å²) in [6.07, 6.45) is 4.04. The molecule has 2 heterocycles. The van der Waals surface area contributed by atoms with Gasteiger partial charge in [0.15, 0.2) is 0 Å². The highest BCUT2D eigenvalue weighted by Gasteiger charge is 2.21. The van der Waals surface area contributed by atoms with E-state index in [2.05, 4.69) is 30.6 Å². The van der Waals surface area contributed by atoms with Crippen LogP contribution in [0.4, 0.5) is 0 Å². The van der Waals surface area contributed by atoms with Crippen LogP contribution in [0.25, 0.3) is 0 Å². The molecule has 2 saturated heterocycles. The van der Waals surface area contributed by atoms with Crippen LogP contribution in [0.1, 0.15) is 40.0 Å². The summed E-state index contributed by atoms with van der Waals surface area (Å²) in [5, 5.41) is 0. The van der Waals surface area contributed by atoms with Gasteiger partial charge < -0.3 is 9.64 Å². The summed E-state index contributed by atoms with van der Waals surface area (Å²) in [6, 6.07) is 0. The minimum atomic E-state index is 0.936. The SMILES string of the molecule is CCC.CCN1CCC(CN2CCOCC2)CC1. The van der Waals surface area contributed by atoms with Gasteiger partial charge in [0.2, 0.25) is 0 Å². The molecule has 0 saturated carbocycles. The molecule has 0 aromatic rings. The molecule has 0 aromatic heterocycles. The summed E-state index contributed by atoms with van der Waals surface area (Å²) in [7, 11) is 0. The molecule has 0 N–H and O–H groups in total. The molecule has 108 valence electrons. The predicted octanol–water partition coefficient (Wildman–Crippen LogP) is 2.47. The van der Waals surface area contributed by atoms with Gasteiger partial charge in [-0.3, -0.25) is 4.90 Å². The average molecular weight is 256 g/mol. The topological polar surface area (TPSA) is 15.7 Å². The van der Waals surface area contributed by atoms with E-state index in [4.69, 9.17) is 4.74 Å². The zero-order valence-corrected chi connectivity index (χ0v) is 12.7. The van der Waals surface area contributed by atoms with Crippen molar-refractivity contribution >= 4 is 0 Å². The monoisotopic (exact) mass is 256 g/mol. The second-order valence-electron chi connectivity index (χ2n) is 5.50. The molecule has 0 unspecified atom stereocenters. The Balaban J connectivity index is 0.000000492. The third-order valence-electron chi connectivity index (χ3n) is 3.77. The summed E-state index contributed by atoms with van der Waals surface area (Å²) >= 11 is 0. The third kappa shape index (κ3) is 6.17. The van der Waals surface area contributed by atoms with E-state index in [1.165, 1.54) is 45.4 Å². The Labute approximate surface area is 113 Å². The second kappa shape index (κ2) is 9.76. The Morgan fingerprint density at radius 2 is 1.44 bits per heavy atom. The van der Waals surface area contributed by atoms with Gasteiger partial charge in [-0.1, -0.05) is 27.2 Å². The number of likely N-dealkylation sites (tertiary alicyclic amines) is 1. The van der Waals surface area contributed by atoms with Crippen molar-refractivity contribution in [1.29, 1.82) is 0 Å². The van der Waals surface area contributed by atoms with Crippen molar-refractivity contribution in [2.75, 3.05) is 52.5 Å². The fourth-order valence-corrected chi connectivity index (χ4v) is 2.63. The second-order valence-corrected chi connectivity index (χ2v) is 5.50. The molecule has 0 spiro atoms. The van der Waals surface area contributed by atoms with Crippen molar-refractivity contribution < 1.29 is 4.74 Å². The van der Waals surface area contributed by atoms with Gasteiger partial charge in [0.05, 0.1) is 13.2 Å². The van der Waals surface area contributed by atoms with Crippen LogP contribution < -0.4 is 0 Å². The summed E-state index contributed by atoms with van der Waals surface area (Å²) in [5.41, 5.74) is 0. The number of rotatable bonds is 3. The molecule has 2 rings (SSSR count). The van der Waals surface area contributed by atoms with Gasteiger partial charge in [-0.15, -0.1) is 0 Å². The number of hydrogen-bond acceptors (Lipinski definition) is 3. The van der Waals surface area contributed by atoms with Gasteiger partial charge in [0.1, 0.15) is 0 Å². The van der Waals surface area contributed by atoms with Crippen molar-refractivity contribution in [3.05, 3.63) is 0 Å². The van der Waals surface area contributed by atoms with Gasteiger partial charge in [-0.2, -0.15) is 0 Å². The first-order chi connectivity index (χ1) is 8.80. The van der Waals surface area contributed by atoms with Crippen molar-refractivity contribution in [3.63, 3.8) is 0 Å². The Kier molecular flexibility index (Phi) is 8.64. The van der Waals surface area contributed by atoms with Crippen LogP contribution in [0, 0.1) is 5.92 Å². The van der Waals surface area contributed by atoms with Gasteiger partial charge >= 0.3 is 0 Å². The van der Waals surface area contributed by atoms with Crippen molar-refractivity contribution in [3.8, 4) is 0 Å². The number of piperidine rings is 1. The molecule has 0 atom stereocenters. The smallest absolute Gasteiger partial charge is 0.0594 e. The van der Waals surface area contributed by atoms with E-state index >= 15 is 0 Å². The van der Waals surface area contributed by atoms with Gasteiger partial charge in [-0.25, -0.2) is 0 Å². The van der Waals surface area contributed by atoms with Crippen molar-refractivity contribution in [2.24, 2.45) is 5.92 Å². The minimum absolute atomic E-state index is 0.936. The quantitative estimate of drug-likeness (QED) is 0.771. The lowest BCUT2D eigenvalue weighted by Crippen LogP contribution is -2.42. The van der Waals surface area contributed by atoms with Crippen molar-refractivity contribution in [2.45, 2.75) is 40.0 Å². The summed E-state index contributed by atoms with van der Waals surface area (Å²) in [6.45, 7) is 15.8. The molecule has 2 aliphatic heterocycles. The normalized spacial score (nSPS) is 23.5. The number of morpholine rings is 1. The number of ether oxygens (including phenoxy) is 1. The van der Waals surface area contributed by atoms with Crippen LogP contribution in [0.5, 0.6) is 0 Å². The van der Waals surface area contributed by atoms with Crippen LogP contribution in [0.15, 0.2) is 0 Å². The molecule has 0 radical (unpaired) electrons. The van der Waals surface area contributed by atoms with Gasteiger partial charge in [0.25, 0.3) is 0 Å². The highest BCUT2D eigenvalue weighted by molar-refractivity contribution is 4.75. The van der Waals surface area contributed by atoms with Crippen LogP contribution in [-0.4, -0.2) is 62.3 Å². The predicted molar refractivity (Wildman–Crippen MR) is 78.1 cm³/mol. The zero-order chi connectivity index (χ0) is 13.2. The lowest BCUT2D eigenvalue weighted by molar-refractivity contribution is 0.0247. The van der Waals surface area contributed by atoms with E-state index < -0.39 is 0 Å². The van der Waals surface area contributed by atoms with E-state index in [1.807, 2.05) is 0 Å². The van der Waals surface area contributed by atoms with E-state index in [9.17, 15) is 0 Å². The number of nitrogens with zero attached hydrogens (tertiary/aromatic N) is 2. The van der Waals surface area contributed by atoms with Crippen molar-refractivity contribution in [1.82, 2.24) is 9.80 Å². The highest BCUT2D eigenvalue weighted by Crippen LogP contribution is 2.18. The average Bonchev–Trinajstić information content (AvgIpc) is 2.42. The molecule has 0 bridgehead atoms. The lowest BCUT2D eigenvalue weighted by atomic mass is 9.96. The van der Waals surface area contributed by atoms with E-state index in [0.717, 1.165) is 32.2 Å². The van der Waals surface area contributed by atoms with E-state index in [-0.39, 0.29) is 0 Å². The first-order valence-electron chi connectivity index (χ1n) is 7.82. The van der Waals surface area contributed by atoms with Crippen LogP contribution in [0.3, 0.4) is 0 Å². The highest BCUT2D eigenvalue weighted by atomic mass is 16.5. The molecule has 18 heavy (non-hydrogen) atoms. The zero-order valence-electron chi connectivity index (χ0n) is 12.7. The molecule has 0 aromatic carbocycles.